The lowest BCUT2D eigenvalue weighted by Crippen LogP contribution is -2.19. The second-order valence-electron chi connectivity index (χ2n) is 4.36. The summed E-state index contributed by atoms with van der Waals surface area (Å²) in [5.41, 5.74) is -0.731. The smallest absolute Gasteiger partial charge is 0.335 e. The summed E-state index contributed by atoms with van der Waals surface area (Å²) < 4.78 is 13.4. The number of halogens is 1. The van der Waals surface area contributed by atoms with Crippen molar-refractivity contribution in [1.82, 2.24) is 0 Å². The van der Waals surface area contributed by atoms with E-state index in [0.29, 0.717) is 17.1 Å². The lowest BCUT2D eigenvalue weighted by molar-refractivity contribution is 0.0695. The van der Waals surface area contributed by atoms with Crippen molar-refractivity contribution >= 4 is 17.7 Å². The number of rotatable bonds is 5. The van der Waals surface area contributed by atoms with E-state index >= 15 is 0 Å². The van der Waals surface area contributed by atoms with Crippen molar-refractivity contribution in [3.05, 3.63) is 29.6 Å². The van der Waals surface area contributed by atoms with Crippen molar-refractivity contribution in [3.63, 3.8) is 0 Å². The minimum atomic E-state index is -1.07. The van der Waals surface area contributed by atoms with E-state index in [1.807, 2.05) is 0 Å². The SMILES string of the molecule is CC(C)(O)CCSc1cc(C(=O)O)ccc1F. The zero-order valence-electron chi connectivity index (χ0n) is 9.74. The topological polar surface area (TPSA) is 57.5 Å². The Morgan fingerprint density at radius 1 is 1.47 bits per heavy atom. The van der Waals surface area contributed by atoms with Gasteiger partial charge in [-0.15, -0.1) is 11.8 Å². The molecule has 17 heavy (non-hydrogen) atoms. The van der Waals surface area contributed by atoms with Crippen molar-refractivity contribution in [3.8, 4) is 0 Å². The van der Waals surface area contributed by atoms with Gasteiger partial charge in [0.1, 0.15) is 5.82 Å². The van der Waals surface area contributed by atoms with Crippen molar-refractivity contribution in [1.29, 1.82) is 0 Å². The number of benzene rings is 1. The number of hydrogen-bond acceptors (Lipinski definition) is 3. The van der Waals surface area contributed by atoms with Crippen molar-refractivity contribution < 1.29 is 19.4 Å². The van der Waals surface area contributed by atoms with Gasteiger partial charge in [0.05, 0.1) is 11.2 Å². The predicted molar refractivity (Wildman–Crippen MR) is 65.0 cm³/mol. The van der Waals surface area contributed by atoms with E-state index in [4.69, 9.17) is 5.11 Å². The molecule has 0 aliphatic carbocycles. The van der Waals surface area contributed by atoms with Gasteiger partial charge in [-0.1, -0.05) is 0 Å². The summed E-state index contributed by atoms with van der Waals surface area (Å²) in [7, 11) is 0. The minimum absolute atomic E-state index is 0.0668. The number of carboxylic acids is 1. The van der Waals surface area contributed by atoms with Gasteiger partial charge in [0.15, 0.2) is 0 Å². The molecular formula is C12H15FO3S. The molecule has 94 valence electrons. The fourth-order valence-corrected chi connectivity index (χ4v) is 2.40. The van der Waals surface area contributed by atoms with E-state index in [2.05, 4.69) is 0 Å². The third-order valence-electron chi connectivity index (χ3n) is 2.15. The summed E-state index contributed by atoms with van der Waals surface area (Å²) in [6.07, 6.45) is 0.508. The summed E-state index contributed by atoms with van der Waals surface area (Å²) in [5, 5.41) is 18.3. The van der Waals surface area contributed by atoms with Crippen LogP contribution in [0.1, 0.15) is 30.6 Å². The van der Waals surface area contributed by atoms with Crippen molar-refractivity contribution in [2.75, 3.05) is 5.75 Å². The van der Waals surface area contributed by atoms with E-state index in [1.165, 1.54) is 23.9 Å². The molecule has 3 nitrogen and oxygen atoms in total. The Balaban J connectivity index is 2.70. The Kier molecular flexibility index (Phi) is 4.54. The first-order chi connectivity index (χ1) is 7.79. The minimum Gasteiger partial charge on any atom is -0.478 e. The first kappa shape index (κ1) is 14.0. The standard InChI is InChI=1S/C12H15FO3S/c1-12(2,16)5-6-17-10-7-8(11(14)15)3-4-9(10)13/h3-4,7,16H,5-6H2,1-2H3,(H,14,15). The van der Waals surface area contributed by atoms with Gasteiger partial charge >= 0.3 is 5.97 Å². The van der Waals surface area contributed by atoms with Gasteiger partial charge in [0.2, 0.25) is 0 Å². The molecule has 0 saturated carbocycles. The molecule has 0 spiro atoms. The number of thioether (sulfide) groups is 1. The number of aromatic carboxylic acids is 1. The van der Waals surface area contributed by atoms with Gasteiger partial charge in [0, 0.05) is 10.6 Å². The van der Waals surface area contributed by atoms with Crippen LogP contribution in [0.5, 0.6) is 0 Å². The fraction of sp³-hybridized carbons (Fsp3) is 0.417. The maximum absolute atomic E-state index is 13.4. The van der Waals surface area contributed by atoms with Gasteiger partial charge in [-0.05, 0) is 38.5 Å². The molecule has 1 aromatic rings. The third-order valence-corrected chi connectivity index (χ3v) is 3.18. The van der Waals surface area contributed by atoms with E-state index in [0.717, 1.165) is 6.07 Å². The highest BCUT2D eigenvalue weighted by Crippen LogP contribution is 2.25. The largest absolute Gasteiger partial charge is 0.478 e. The Hall–Kier alpha value is -1.07. The van der Waals surface area contributed by atoms with Crippen LogP contribution in [-0.2, 0) is 0 Å². The molecule has 1 aromatic carbocycles. The van der Waals surface area contributed by atoms with Crippen molar-refractivity contribution in [2.24, 2.45) is 0 Å². The molecule has 0 unspecified atom stereocenters. The maximum atomic E-state index is 13.4. The fourth-order valence-electron chi connectivity index (χ4n) is 1.16. The van der Waals surface area contributed by atoms with E-state index in [9.17, 15) is 14.3 Å². The van der Waals surface area contributed by atoms with Crippen molar-refractivity contribution in [2.45, 2.75) is 30.8 Å². The van der Waals surface area contributed by atoms with Gasteiger partial charge in [-0.3, -0.25) is 0 Å². The second kappa shape index (κ2) is 5.51. The second-order valence-corrected chi connectivity index (χ2v) is 5.50. The summed E-state index contributed by atoms with van der Waals surface area (Å²) in [4.78, 5) is 11.0. The summed E-state index contributed by atoms with van der Waals surface area (Å²) in [6, 6.07) is 3.69. The molecule has 0 aromatic heterocycles. The molecule has 2 N–H and O–H groups in total. The van der Waals surface area contributed by atoms with Crippen LogP contribution in [0.4, 0.5) is 4.39 Å². The maximum Gasteiger partial charge on any atom is 0.335 e. The van der Waals surface area contributed by atoms with Crippen LogP contribution >= 0.6 is 11.8 Å². The first-order valence-corrected chi connectivity index (χ1v) is 6.16. The average Bonchev–Trinajstić information content (AvgIpc) is 2.18. The number of aliphatic hydroxyl groups is 1. The van der Waals surface area contributed by atoms with Crippen LogP contribution in [-0.4, -0.2) is 27.5 Å². The van der Waals surface area contributed by atoms with Gasteiger partial charge in [0.25, 0.3) is 0 Å². The summed E-state index contributed by atoms with van der Waals surface area (Å²) in [5.74, 6) is -0.978. The quantitative estimate of drug-likeness (QED) is 0.797. The molecule has 0 aliphatic rings. The van der Waals surface area contributed by atoms with Crippen LogP contribution in [0.15, 0.2) is 23.1 Å². The monoisotopic (exact) mass is 258 g/mol. The molecule has 5 heteroatoms. The van der Waals surface area contributed by atoms with E-state index in [-0.39, 0.29) is 5.56 Å². The molecule has 0 aliphatic heterocycles. The summed E-state index contributed by atoms with van der Waals surface area (Å²) in [6.45, 7) is 3.36. The Bertz CT molecular complexity index is 413. The molecule has 0 amide bonds. The number of carboxylic acid groups (broad SMARTS) is 1. The Morgan fingerprint density at radius 2 is 2.12 bits per heavy atom. The lowest BCUT2D eigenvalue weighted by atomic mass is 10.1. The summed E-state index contributed by atoms with van der Waals surface area (Å²) >= 11 is 1.21. The van der Waals surface area contributed by atoms with Crippen LogP contribution < -0.4 is 0 Å². The van der Waals surface area contributed by atoms with E-state index < -0.39 is 17.4 Å². The lowest BCUT2D eigenvalue weighted by Gasteiger charge is -2.16. The molecule has 1 rings (SSSR count). The van der Waals surface area contributed by atoms with Gasteiger partial charge in [-0.2, -0.15) is 0 Å². The molecule has 0 saturated heterocycles. The molecule has 0 fully saturated rings. The van der Waals surface area contributed by atoms with Gasteiger partial charge in [-0.25, -0.2) is 9.18 Å². The highest BCUT2D eigenvalue weighted by molar-refractivity contribution is 7.99. The van der Waals surface area contributed by atoms with Crippen LogP contribution in [0, 0.1) is 5.82 Å². The molecule has 0 radical (unpaired) electrons. The molecule has 0 bridgehead atoms. The molecular weight excluding hydrogens is 243 g/mol. The van der Waals surface area contributed by atoms with Gasteiger partial charge < -0.3 is 10.2 Å². The molecule has 0 heterocycles. The van der Waals surface area contributed by atoms with Crippen LogP contribution in [0.3, 0.4) is 0 Å². The Morgan fingerprint density at radius 3 is 2.65 bits per heavy atom. The van der Waals surface area contributed by atoms with E-state index in [1.54, 1.807) is 13.8 Å². The predicted octanol–water partition coefficient (Wildman–Crippen LogP) is 2.78. The number of hydrogen-bond donors (Lipinski definition) is 2. The number of carbonyl (C=O) groups is 1. The zero-order valence-corrected chi connectivity index (χ0v) is 10.6. The normalized spacial score (nSPS) is 11.5. The average molecular weight is 258 g/mol. The molecule has 0 atom stereocenters. The zero-order chi connectivity index (χ0) is 13.1. The highest BCUT2D eigenvalue weighted by atomic mass is 32.2. The Labute approximate surface area is 104 Å². The highest BCUT2D eigenvalue weighted by Gasteiger charge is 2.14. The third kappa shape index (κ3) is 4.75. The first-order valence-electron chi connectivity index (χ1n) is 5.17. The van der Waals surface area contributed by atoms with Crippen LogP contribution in [0.25, 0.3) is 0 Å². The van der Waals surface area contributed by atoms with Crippen LogP contribution in [0.2, 0.25) is 0 Å².